The number of rotatable bonds is 3. The van der Waals surface area contributed by atoms with Crippen LogP contribution in [0.3, 0.4) is 0 Å². The first-order valence-corrected chi connectivity index (χ1v) is 9.68. The summed E-state index contributed by atoms with van der Waals surface area (Å²) in [5.74, 6) is 1.31. The van der Waals surface area contributed by atoms with E-state index in [1.165, 1.54) is 11.9 Å². The maximum Gasteiger partial charge on any atom is 0.258 e. The van der Waals surface area contributed by atoms with Crippen molar-refractivity contribution in [2.45, 2.75) is 45.2 Å². The number of carbonyl (C=O) groups excluding carboxylic acids is 1. The fourth-order valence-corrected chi connectivity index (χ4v) is 4.00. The maximum absolute atomic E-state index is 13.5. The monoisotopic (exact) mass is 377 g/mol. The lowest BCUT2D eigenvalue weighted by molar-refractivity contribution is 0.0732. The molecular weight excluding hydrogens is 354 g/mol. The lowest BCUT2D eigenvalue weighted by atomic mass is 10.0. The van der Waals surface area contributed by atoms with E-state index in [4.69, 9.17) is 4.42 Å². The van der Waals surface area contributed by atoms with E-state index in [0.29, 0.717) is 35.5 Å². The molecule has 0 bridgehead atoms. The Bertz CT molecular complexity index is 1090. The van der Waals surface area contributed by atoms with Crippen LogP contribution in [0.1, 0.15) is 47.1 Å². The van der Waals surface area contributed by atoms with Crippen molar-refractivity contribution < 1.29 is 9.21 Å². The Kier molecular flexibility index (Phi) is 3.69. The summed E-state index contributed by atoms with van der Waals surface area (Å²) in [6.07, 6.45) is 6.33. The lowest BCUT2D eigenvalue weighted by Gasteiger charge is -2.29. The van der Waals surface area contributed by atoms with Crippen LogP contribution in [-0.2, 0) is 13.0 Å². The summed E-state index contributed by atoms with van der Waals surface area (Å²) in [4.78, 5) is 30.8. The smallest absolute Gasteiger partial charge is 0.258 e. The van der Waals surface area contributed by atoms with Crippen LogP contribution in [0.5, 0.6) is 0 Å². The zero-order valence-electron chi connectivity index (χ0n) is 16.4. The second-order valence-corrected chi connectivity index (χ2v) is 8.05. The van der Waals surface area contributed by atoms with Gasteiger partial charge in [-0.3, -0.25) is 9.78 Å². The standard InChI is InChI=1S/C21H23N5O2/c1-13-16(20(27)26-10-6-14-5-4-9-22-15(14)11-26)17-18(23-12-24-19(17)28-13)25(3)21(2)7-8-21/h4-5,9,12H,6-8,10-11H2,1-3H3. The van der Waals surface area contributed by atoms with E-state index in [-0.39, 0.29) is 11.4 Å². The highest BCUT2D eigenvalue weighted by molar-refractivity contribution is 6.10. The Labute approximate surface area is 163 Å². The Morgan fingerprint density at radius 3 is 2.89 bits per heavy atom. The van der Waals surface area contributed by atoms with Gasteiger partial charge in [0.1, 0.15) is 17.9 Å². The summed E-state index contributed by atoms with van der Waals surface area (Å²) in [5, 5.41) is 0.715. The topological polar surface area (TPSA) is 75.4 Å². The third-order valence-electron chi connectivity index (χ3n) is 6.22. The van der Waals surface area contributed by atoms with Gasteiger partial charge < -0.3 is 14.2 Å². The number of carbonyl (C=O) groups is 1. The van der Waals surface area contributed by atoms with Crippen LogP contribution in [0.2, 0.25) is 0 Å². The molecule has 0 radical (unpaired) electrons. The van der Waals surface area contributed by atoms with Crippen molar-refractivity contribution >= 4 is 22.8 Å². The summed E-state index contributed by atoms with van der Waals surface area (Å²) < 4.78 is 5.86. The molecule has 1 amide bonds. The van der Waals surface area contributed by atoms with Gasteiger partial charge in [-0.2, -0.15) is 0 Å². The maximum atomic E-state index is 13.5. The van der Waals surface area contributed by atoms with Crippen LogP contribution in [-0.4, -0.2) is 44.9 Å². The molecule has 144 valence electrons. The number of furan rings is 1. The average Bonchev–Trinajstić information content (AvgIpc) is 3.37. The number of hydrogen-bond donors (Lipinski definition) is 0. The Hall–Kier alpha value is -2.96. The van der Waals surface area contributed by atoms with Crippen molar-refractivity contribution in [3.05, 3.63) is 47.2 Å². The number of aromatic nitrogens is 3. The minimum Gasteiger partial charge on any atom is -0.442 e. The van der Waals surface area contributed by atoms with Crippen LogP contribution in [0.15, 0.2) is 29.1 Å². The van der Waals surface area contributed by atoms with Crippen LogP contribution in [0.25, 0.3) is 11.1 Å². The van der Waals surface area contributed by atoms with Gasteiger partial charge in [0.15, 0.2) is 0 Å². The summed E-state index contributed by atoms with van der Waals surface area (Å²) in [5.41, 5.74) is 3.30. The fourth-order valence-electron chi connectivity index (χ4n) is 4.00. The van der Waals surface area contributed by atoms with Crippen molar-refractivity contribution in [3.8, 4) is 0 Å². The molecule has 28 heavy (non-hydrogen) atoms. The molecule has 1 aliphatic carbocycles. The quantitative estimate of drug-likeness (QED) is 0.698. The predicted molar refractivity (Wildman–Crippen MR) is 105 cm³/mol. The van der Waals surface area contributed by atoms with Gasteiger partial charge in [0.25, 0.3) is 5.91 Å². The van der Waals surface area contributed by atoms with Crippen LogP contribution in [0, 0.1) is 6.92 Å². The summed E-state index contributed by atoms with van der Waals surface area (Å²) >= 11 is 0. The number of amides is 1. The molecule has 2 aliphatic rings. The van der Waals surface area contributed by atoms with Gasteiger partial charge in [0.05, 0.1) is 23.2 Å². The van der Waals surface area contributed by atoms with Crippen LogP contribution in [0.4, 0.5) is 5.82 Å². The lowest BCUT2D eigenvalue weighted by Crippen LogP contribution is -2.37. The largest absolute Gasteiger partial charge is 0.442 e. The molecule has 3 aromatic rings. The number of anilines is 1. The molecule has 0 saturated heterocycles. The molecule has 0 unspecified atom stereocenters. The second kappa shape index (κ2) is 6.02. The van der Waals surface area contributed by atoms with Gasteiger partial charge in [0.2, 0.25) is 5.71 Å². The molecular formula is C21H23N5O2. The normalized spacial score (nSPS) is 17.5. The fraction of sp³-hybridized carbons (Fsp3) is 0.429. The molecule has 0 spiro atoms. The summed E-state index contributed by atoms with van der Waals surface area (Å²) in [7, 11) is 2.03. The number of fused-ring (bicyclic) bond motifs is 2. The zero-order chi connectivity index (χ0) is 19.5. The predicted octanol–water partition coefficient (Wildman–Crippen LogP) is 3.11. The van der Waals surface area contributed by atoms with Gasteiger partial charge in [-0.15, -0.1) is 0 Å². The number of nitrogens with zero attached hydrogens (tertiary/aromatic N) is 5. The SMILES string of the molecule is Cc1oc2ncnc(N(C)C3(C)CC3)c2c1C(=O)N1CCc2cccnc2C1. The first-order chi connectivity index (χ1) is 13.5. The van der Waals surface area contributed by atoms with E-state index in [1.54, 1.807) is 6.20 Å². The van der Waals surface area contributed by atoms with Gasteiger partial charge in [-0.25, -0.2) is 9.97 Å². The average molecular weight is 377 g/mol. The highest BCUT2D eigenvalue weighted by Crippen LogP contribution is 2.44. The Morgan fingerprint density at radius 1 is 1.29 bits per heavy atom. The van der Waals surface area contributed by atoms with Gasteiger partial charge >= 0.3 is 0 Å². The summed E-state index contributed by atoms with van der Waals surface area (Å²) in [6.45, 7) is 5.22. The van der Waals surface area contributed by atoms with Crippen LogP contribution < -0.4 is 4.90 Å². The molecule has 0 N–H and O–H groups in total. The van der Waals surface area contributed by atoms with Crippen molar-refractivity contribution in [1.82, 2.24) is 19.9 Å². The number of pyridine rings is 1. The van der Waals surface area contributed by atoms with E-state index in [1.807, 2.05) is 24.9 Å². The van der Waals surface area contributed by atoms with Crippen molar-refractivity contribution in [3.63, 3.8) is 0 Å². The van der Waals surface area contributed by atoms with E-state index >= 15 is 0 Å². The minimum absolute atomic E-state index is 0.0436. The molecule has 1 saturated carbocycles. The number of hydrogen-bond acceptors (Lipinski definition) is 6. The van der Waals surface area contributed by atoms with E-state index in [2.05, 4.69) is 32.8 Å². The van der Waals surface area contributed by atoms with Crippen LogP contribution >= 0.6 is 0 Å². The highest BCUT2D eigenvalue weighted by atomic mass is 16.3. The molecule has 4 heterocycles. The Morgan fingerprint density at radius 2 is 2.11 bits per heavy atom. The van der Waals surface area contributed by atoms with Crippen molar-refractivity contribution in [2.75, 3.05) is 18.5 Å². The molecule has 1 aliphatic heterocycles. The highest BCUT2D eigenvalue weighted by Gasteiger charge is 2.43. The molecule has 7 nitrogen and oxygen atoms in total. The van der Waals surface area contributed by atoms with Crippen molar-refractivity contribution in [1.29, 1.82) is 0 Å². The first kappa shape index (κ1) is 17.2. The minimum atomic E-state index is -0.0436. The Balaban J connectivity index is 1.57. The molecule has 0 aromatic carbocycles. The van der Waals surface area contributed by atoms with E-state index in [0.717, 1.165) is 30.8 Å². The van der Waals surface area contributed by atoms with Gasteiger partial charge in [-0.05, 0) is 44.7 Å². The third-order valence-corrected chi connectivity index (χ3v) is 6.22. The zero-order valence-corrected chi connectivity index (χ0v) is 16.4. The molecule has 0 atom stereocenters. The molecule has 5 rings (SSSR count). The van der Waals surface area contributed by atoms with Gasteiger partial charge in [0, 0.05) is 25.3 Å². The third kappa shape index (κ3) is 2.57. The number of aryl methyl sites for hydroxylation is 1. The molecule has 3 aromatic heterocycles. The first-order valence-electron chi connectivity index (χ1n) is 9.68. The van der Waals surface area contributed by atoms with E-state index in [9.17, 15) is 4.79 Å². The second-order valence-electron chi connectivity index (χ2n) is 8.05. The molecule has 1 fully saturated rings. The molecule has 7 heteroatoms. The summed E-state index contributed by atoms with van der Waals surface area (Å²) in [6, 6.07) is 4.03. The van der Waals surface area contributed by atoms with E-state index < -0.39 is 0 Å². The van der Waals surface area contributed by atoms with Gasteiger partial charge in [-0.1, -0.05) is 6.07 Å². The van der Waals surface area contributed by atoms with Crippen molar-refractivity contribution in [2.24, 2.45) is 0 Å².